The summed E-state index contributed by atoms with van der Waals surface area (Å²) in [5.74, 6) is 2.19. The molecule has 2 atom stereocenters. The van der Waals surface area contributed by atoms with Crippen LogP contribution >= 0.6 is 11.3 Å². The molecule has 0 bridgehead atoms. The number of aryl methyl sites for hydroxylation is 2. The fourth-order valence-corrected chi connectivity index (χ4v) is 4.05. The van der Waals surface area contributed by atoms with Crippen molar-refractivity contribution in [3.63, 3.8) is 0 Å². The summed E-state index contributed by atoms with van der Waals surface area (Å²) in [6, 6.07) is 0. The summed E-state index contributed by atoms with van der Waals surface area (Å²) >= 11 is 1.71. The highest BCUT2D eigenvalue weighted by atomic mass is 32.1. The zero-order valence-electron chi connectivity index (χ0n) is 11.6. The molecule has 0 unspecified atom stereocenters. The summed E-state index contributed by atoms with van der Waals surface area (Å²) in [4.78, 5) is 11.0. The summed E-state index contributed by atoms with van der Waals surface area (Å²) in [5.41, 5.74) is 5.70. The molecule has 2 aromatic rings. The molecule has 1 N–H and O–H groups in total. The molecule has 5 heteroatoms. The molecule has 0 spiro atoms. The van der Waals surface area contributed by atoms with Crippen molar-refractivity contribution in [2.45, 2.75) is 26.7 Å². The van der Waals surface area contributed by atoms with Crippen LogP contribution in [-0.2, 0) is 0 Å². The molecule has 1 saturated carbocycles. The summed E-state index contributed by atoms with van der Waals surface area (Å²) in [6.45, 7) is 4.24. The van der Waals surface area contributed by atoms with E-state index in [1.54, 1.807) is 17.7 Å². The Kier molecular flexibility index (Phi) is 2.63. The minimum atomic E-state index is 0.630. The lowest BCUT2D eigenvalue weighted by atomic mass is 9.74. The Morgan fingerprint density at radius 2 is 2.25 bits per heavy atom. The summed E-state index contributed by atoms with van der Waals surface area (Å²) in [5, 5.41) is 5.69. The monoisotopic (exact) mass is 284 g/mol. The molecule has 102 valence electrons. The number of rotatable bonds is 2. The second kappa shape index (κ2) is 4.38. The summed E-state index contributed by atoms with van der Waals surface area (Å²) < 4.78 is 0. The average molecular weight is 284 g/mol. The van der Waals surface area contributed by atoms with Gasteiger partial charge in [-0.25, -0.2) is 9.97 Å². The summed E-state index contributed by atoms with van der Waals surface area (Å²) in [6.07, 6.45) is 8.43. The molecule has 0 amide bonds. The largest absolute Gasteiger partial charge is 0.261 e. The first kappa shape index (κ1) is 12.0. The van der Waals surface area contributed by atoms with Crippen LogP contribution in [0.4, 0.5) is 5.82 Å². The van der Waals surface area contributed by atoms with E-state index >= 15 is 0 Å². The Morgan fingerprint density at radius 1 is 1.35 bits per heavy atom. The van der Waals surface area contributed by atoms with E-state index in [4.69, 9.17) is 0 Å². The highest BCUT2D eigenvalue weighted by Crippen LogP contribution is 2.40. The van der Waals surface area contributed by atoms with Crippen LogP contribution < -0.4 is 5.43 Å². The van der Waals surface area contributed by atoms with Crippen LogP contribution in [0.2, 0.25) is 0 Å². The maximum absolute atomic E-state index is 4.58. The van der Waals surface area contributed by atoms with Crippen LogP contribution in [0.5, 0.6) is 0 Å². The molecule has 20 heavy (non-hydrogen) atoms. The number of thiophene rings is 1. The van der Waals surface area contributed by atoms with E-state index in [9.17, 15) is 0 Å². The number of fused-ring (bicyclic) bond motifs is 2. The predicted molar refractivity (Wildman–Crippen MR) is 83.3 cm³/mol. The number of hydrazone groups is 1. The van der Waals surface area contributed by atoms with Crippen molar-refractivity contribution in [2.24, 2.45) is 16.9 Å². The van der Waals surface area contributed by atoms with Gasteiger partial charge < -0.3 is 0 Å². The maximum Gasteiger partial charge on any atom is 0.158 e. The van der Waals surface area contributed by atoms with Crippen molar-refractivity contribution in [1.82, 2.24) is 9.97 Å². The molecule has 0 aromatic carbocycles. The first-order valence-electron chi connectivity index (χ1n) is 6.94. The van der Waals surface area contributed by atoms with E-state index in [1.807, 2.05) is 0 Å². The molecule has 0 radical (unpaired) electrons. The molecule has 0 aliphatic heterocycles. The smallest absolute Gasteiger partial charge is 0.158 e. The van der Waals surface area contributed by atoms with Gasteiger partial charge in [0.05, 0.1) is 5.39 Å². The van der Waals surface area contributed by atoms with Gasteiger partial charge in [0.2, 0.25) is 0 Å². The minimum absolute atomic E-state index is 0.630. The van der Waals surface area contributed by atoms with E-state index < -0.39 is 0 Å². The predicted octanol–water partition coefficient (Wildman–Crippen LogP) is 3.67. The van der Waals surface area contributed by atoms with Crippen LogP contribution in [0.25, 0.3) is 10.2 Å². The van der Waals surface area contributed by atoms with E-state index in [1.165, 1.54) is 16.2 Å². The highest BCUT2D eigenvalue weighted by Gasteiger charge is 2.37. The SMILES string of the molecule is Cc1sc2ncnc(N/N=C3/C[C@@H]4C=CC[C@H]34)c2c1C. The number of aromatic nitrogens is 2. The van der Waals surface area contributed by atoms with E-state index in [0.29, 0.717) is 5.92 Å². The van der Waals surface area contributed by atoms with Gasteiger partial charge in [-0.3, -0.25) is 5.43 Å². The Hall–Kier alpha value is -1.75. The first-order valence-corrected chi connectivity index (χ1v) is 7.75. The molecule has 2 aliphatic rings. The molecule has 2 heterocycles. The molecule has 1 fully saturated rings. The number of hydrogen-bond acceptors (Lipinski definition) is 5. The van der Waals surface area contributed by atoms with Crippen LogP contribution in [0.15, 0.2) is 23.6 Å². The van der Waals surface area contributed by atoms with Gasteiger partial charge in [0.1, 0.15) is 11.2 Å². The second-order valence-corrected chi connectivity index (χ2v) is 6.74. The minimum Gasteiger partial charge on any atom is -0.261 e. The van der Waals surface area contributed by atoms with Gasteiger partial charge in [-0.1, -0.05) is 12.2 Å². The van der Waals surface area contributed by atoms with Gasteiger partial charge in [-0.05, 0) is 38.2 Å². The lowest BCUT2D eigenvalue weighted by molar-refractivity contribution is 0.466. The normalized spacial score (nSPS) is 26.0. The Bertz CT molecular complexity index is 744. The fourth-order valence-electron chi connectivity index (χ4n) is 3.06. The third kappa shape index (κ3) is 1.69. The third-order valence-electron chi connectivity index (χ3n) is 4.43. The van der Waals surface area contributed by atoms with Gasteiger partial charge in [0, 0.05) is 16.5 Å². The van der Waals surface area contributed by atoms with Crippen LogP contribution in [0.3, 0.4) is 0 Å². The van der Waals surface area contributed by atoms with Crippen molar-refractivity contribution in [3.8, 4) is 0 Å². The standard InChI is InChI=1S/C15H16N4S/c1-8-9(2)20-15-13(8)14(16-7-17-15)19-18-12-6-10-4-3-5-11(10)12/h3-4,7,10-11H,5-6H2,1-2H3,(H,16,17,19)/b18-12-/t10-,11-/m0/s1. The Morgan fingerprint density at radius 3 is 3.10 bits per heavy atom. The van der Waals surface area contributed by atoms with Crippen LogP contribution in [0.1, 0.15) is 23.3 Å². The molecular weight excluding hydrogens is 268 g/mol. The second-order valence-electron chi connectivity index (χ2n) is 5.54. The van der Waals surface area contributed by atoms with Crippen molar-refractivity contribution >= 4 is 33.1 Å². The Balaban J connectivity index is 1.65. The maximum atomic E-state index is 4.58. The topological polar surface area (TPSA) is 50.2 Å². The summed E-state index contributed by atoms with van der Waals surface area (Å²) in [7, 11) is 0. The van der Waals surface area contributed by atoms with Crippen LogP contribution in [-0.4, -0.2) is 15.7 Å². The van der Waals surface area contributed by atoms with Gasteiger partial charge >= 0.3 is 0 Å². The lowest BCUT2D eigenvalue weighted by Crippen LogP contribution is -2.33. The van der Waals surface area contributed by atoms with Crippen molar-refractivity contribution in [2.75, 3.05) is 5.43 Å². The van der Waals surface area contributed by atoms with Gasteiger partial charge in [-0.15, -0.1) is 11.3 Å². The zero-order chi connectivity index (χ0) is 13.7. The number of anilines is 1. The first-order chi connectivity index (χ1) is 9.74. The van der Waals surface area contributed by atoms with Crippen molar-refractivity contribution in [1.29, 1.82) is 0 Å². The van der Waals surface area contributed by atoms with E-state index in [0.717, 1.165) is 34.8 Å². The lowest BCUT2D eigenvalue weighted by Gasteiger charge is -2.31. The molecule has 4 rings (SSSR count). The zero-order valence-corrected chi connectivity index (χ0v) is 12.4. The van der Waals surface area contributed by atoms with Gasteiger partial charge in [-0.2, -0.15) is 5.10 Å². The number of allylic oxidation sites excluding steroid dienone is 2. The Labute approximate surface area is 121 Å². The van der Waals surface area contributed by atoms with Gasteiger partial charge in [0.25, 0.3) is 0 Å². The van der Waals surface area contributed by atoms with E-state index in [2.05, 4.69) is 46.5 Å². The fraction of sp³-hybridized carbons (Fsp3) is 0.400. The van der Waals surface area contributed by atoms with E-state index in [-0.39, 0.29) is 0 Å². The molecule has 4 nitrogen and oxygen atoms in total. The van der Waals surface area contributed by atoms with Crippen molar-refractivity contribution in [3.05, 3.63) is 28.9 Å². The number of nitrogens with one attached hydrogen (secondary N) is 1. The molecular formula is C15H16N4S. The third-order valence-corrected chi connectivity index (χ3v) is 5.55. The molecule has 2 aliphatic carbocycles. The molecule has 0 saturated heterocycles. The number of nitrogens with zero attached hydrogens (tertiary/aromatic N) is 3. The average Bonchev–Trinajstić information content (AvgIpc) is 2.93. The van der Waals surface area contributed by atoms with Gasteiger partial charge in [0.15, 0.2) is 5.82 Å². The van der Waals surface area contributed by atoms with Crippen molar-refractivity contribution < 1.29 is 0 Å². The number of hydrogen-bond donors (Lipinski definition) is 1. The van der Waals surface area contributed by atoms with Crippen LogP contribution in [0, 0.1) is 25.7 Å². The highest BCUT2D eigenvalue weighted by molar-refractivity contribution is 7.18. The molecule has 2 aromatic heterocycles. The quantitative estimate of drug-likeness (QED) is 0.676.